The highest BCUT2D eigenvalue weighted by atomic mass is 32.2. The van der Waals surface area contributed by atoms with Crippen LogP contribution in [-0.2, 0) is 4.79 Å². The Kier molecular flexibility index (Phi) is 5.29. The van der Waals surface area contributed by atoms with Crippen molar-refractivity contribution in [2.24, 2.45) is 0 Å². The Morgan fingerprint density at radius 3 is 3.00 bits per heavy atom. The fraction of sp³-hybridized carbons (Fsp3) is 0.889. The lowest BCUT2D eigenvalue weighted by molar-refractivity contribution is -0.139. The monoisotopic (exact) mass is 219 g/mol. The van der Waals surface area contributed by atoms with Gasteiger partial charge in [-0.1, -0.05) is 0 Å². The molecule has 0 spiro atoms. The van der Waals surface area contributed by atoms with Crippen LogP contribution in [0.15, 0.2) is 0 Å². The molecule has 0 saturated carbocycles. The third-order valence-corrected chi connectivity index (χ3v) is 3.58. The van der Waals surface area contributed by atoms with E-state index in [1.165, 1.54) is 18.6 Å². The highest BCUT2D eigenvalue weighted by Crippen LogP contribution is 2.25. The molecule has 2 unspecified atom stereocenters. The van der Waals surface area contributed by atoms with E-state index in [0.717, 1.165) is 6.54 Å². The quantitative estimate of drug-likeness (QED) is 0.600. The first-order valence-electron chi connectivity index (χ1n) is 4.90. The number of aliphatic carboxylic acids is 1. The molecule has 0 amide bonds. The molecule has 82 valence electrons. The van der Waals surface area contributed by atoms with E-state index in [9.17, 15) is 9.90 Å². The third kappa shape index (κ3) is 4.83. The van der Waals surface area contributed by atoms with Gasteiger partial charge in [0.15, 0.2) is 0 Å². The fourth-order valence-electron chi connectivity index (χ4n) is 1.49. The fourth-order valence-corrected chi connectivity index (χ4v) is 2.73. The van der Waals surface area contributed by atoms with Crippen LogP contribution in [0.25, 0.3) is 0 Å². The molecule has 1 heterocycles. The van der Waals surface area contributed by atoms with Gasteiger partial charge in [-0.2, -0.15) is 11.8 Å². The minimum absolute atomic E-state index is 0.176. The Labute approximate surface area is 88.1 Å². The van der Waals surface area contributed by atoms with Crippen LogP contribution in [0.3, 0.4) is 0 Å². The van der Waals surface area contributed by atoms with Gasteiger partial charge in [0.05, 0.1) is 12.5 Å². The minimum atomic E-state index is -0.949. The van der Waals surface area contributed by atoms with Gasteiger partial charge in [0.1, 0.15) is 0 Å². The van der Waals surface area contributed by atoms with Crippen LogP contribution in [0.5, 0.6) is 0 Å². The number of thioether (sulfide) groups is 1. The van der Waals surface area contributed by atoms with Crippen molar-refractivity contribution in [1.82, 2.24) is 5.32 Å². The molecule has 1 rings (SSSR count). The Morgan fingerprint density at radius 1 is 1.64 bits per heavy atom. The number of aliphatic hydroxyl groups is 1. The highest BCUT2D eigenvalue weighted by molar-refractivity contribution is 8.00. The van der Waals surface area contributed by atoms with Gasteiger partial charge in [-0.3, -0.25) is 4.79 Å². The molecule has 5 heteroatoms. The first kappa shape index (κ1) is 11.8. The second-order valence-corrected chi connectivity index (χ2v) is 4.95. The lowest BCUT2D eigenvalue weighted by Gasteiger charge is -2.12. The summed E-state index contributed by atoms with van der Waals surface area (Å²) in [6.07, 6.45) is 1.56. The van der Waals surface area contributed by atoms with E-state index in [1.807, 2.05) is 11.8 Å². The highest BCUT2D eigenvalue weighted by Gasteiger charge is 2.15. The average molecular weight is 219 g/mol. The lowest BCUT2D eigenvalue weighted by atomic mass is 10.2. The molecule has 0 aliphatic carbocycles. The molecule has 0 aromatic heterocycles. The van der Waals surface area contributed by atoms with Gasteiger partial charge in [0.25, 0.3) is 0 Å². The van der Waals surface area contributed by atoms with Crippen LogP contribution in [0.2, 0.25) is 0 Å². The van der Waals surface area contributed by atoms with E-state index in [0.29, 0.717) is 11.8 Å². The van der Waals surface area contributed by atoms with E-state index in [2.05, 4.69) is 5.32 Å². The second-order valence-electron chi connectivity index (χ2n) is 3.54. The Morgan fingerprint density at radius 2 is 2.43 bits per heavy atom. The number of carboxylic acid groups (broad SMARTS) is 1. The molecule has 1 saturated heterocycles. The van der Waals surface area contributed by atoms with Gasteiger partial charge in [0.2, 0.25) is 0 Å². The average Bonchev–Trinajstić information content (AvgIpc) is 2.55. The molecule has 0 aromatic carbocycles. The van der Waals surface area contributed by atoms with Crippen LogP contribution < -0.4 is 5.32 Å². The van der Waals surface area contributed by atoms with Crippen molar-refractivity contribution in [2.75, 3.05) is 18.8 Å². The summed E-state index contributed by atoms with van der Waals surface area (Å²) in [5, 5.41) is 21.4. The summed E-state index contributed by atoms with van der Waals surface area (Å²) in [6.45, 7) is 1.25. The predicted molar refractivity (Wildman–Crippen MR) is 56.6 cm³/mol. The van der Waals surface area contributed by atoms with Gasteiger partial charge in [-0.15, -0.1) is 0 Å². The molecule has 1 fully saturated rings. The molecule has 0 aromatic rings. The largest absolute Gasteiger partial charge is 0.481 e. The summed E-state index contributed by atoms with van der Waals surface area (Å²) in [5.41, 5.74) is 0. The minimum Gasteiger partial charge on any atom is -0.481 e. The second kappa shape index (κ2) is 6.27. The number of carboxylic acids is 1. The van der Waals surface area contributed by atoms with Crippen LogP contribution in [0.1, 0.15) is 19.3 Å². The topological polar surface area (TPSA) is 69.6 Å². The summed E-state index contributed by atoms with van der Waals surface area (Å²) >= 11 is 1.95. The van der Waals surface area contributed by atoms with E-state index >= 15 is 0 Å². The van der Waals surface area contributed by atoms with Crippen LogP contribution in [0, 0.1) is 0 Å². The summed E-state index contributed by atoms with van der Waals surface area (Å²) in [6, 6.07) is 0. The summed E-state index contributed by atoms with van der Waals surface area (Å²) < 4.78 is 0. The van der Waals surface area contributed by atoms with Crippen molar-refractivity contribution in [1.29, 1.82) is 0 Å². The number of aliphatic hydroxyl groups excluding tert-OH is 1. The number of carbonyl (C=O) groups is 1. The van der Waals surface area contributed by atoms with Crippen molar-refractivity contribution in [3.8, 4) is 0 Å². The Balaban J connectivity index is 1.99. The molecule has 0 bridgehead atoms. The molecular formula is C9H17NO3S. The third-order valence-electron chi connectivity index (χ3n) is 2.19. The maximum atomic E-state index is 10.2. The number of hydrogen-bond donors (Lipinski definition) is 3. The van der Waals surface area contributed by atoms with E-state index in [4.69, 9.17) is 5.11 Å². The van der Waals surface area contributed by atoms with Crippen molar-refractivity contribution < 1.29 is 15.0 Å². The lowest BCUT2D eigenvalue weighted by Crippen LogP contribution is -2.32. The van der Waals surface area contributed by atoms with Crippen molar-refractivity contribution >= 4 is 17.7 Å². The van der Waals surface area contributed by atoms with Gasteiger partial charge in [-0.05, 0) is 18.6 Å². The zero-order chi connectivity index (χ0) is 10.4. The van der Waals surface area contributed by atoms with Gasteiger partial charge < -0.3 is 15.5 Å². The Hall–Kier alpha value is -0.260. The maximum Gasteiger partial charge on any atom is 0.306 e. The molecular weight excluding hydrogens is 202 g/mol. The summed E-state index contributed by atoms with van der Waals surface area (Å²) in [4.78, 5) is 10.2. The smallest absolute Gasteiger partial charge is 0.306 e. The number of rotatable bonds is 6. The molecule has 1 aliphatic heterocycles. The van der Waals surface area contributed by atoms with Gasteiger partial charge in [-0.25, -0.2) is 0 Å². The zero-order valence-corrected chi connectivity index (χ0v) is 8.92. The van der Waals surface area contributed by atoms with Crippen molar-refractivity contribution in [2.45, 2.75) is 30.6 Å². The molecule has 4 nitrogen and oxygen atoms in total. The summed E-state index contributed by atoms with van der Waals surface area (Å²) in [7, 11) is 0. The van der Waals surface area contributed by atoms with Gasteiger partial charge >= 0.3 is 5.97 Å². The van der Waals surface area contributed by atoms with E-state index < -0.39 is 12.1 Å². The van der Waals surface area contributed by atoms with E-state index in [-0.39, 0.29) is 6.42 Å². The molecule has 1 aliphatic rings. The van der Waals surface area contributed by atoms with E-state index in [1.54, 1.807) is 0 Å². The normalized spacial score (nSPS) is 23.6. The number of nitrogens with one attached hydrogen (secondary N) is 1. The first-order chi connectivity index (χ1) is 6.68. The predicted octanol–water partition coefficient (Wildman–Crippen LogP) is 0.307. The van der Waals surface area contributed by atoms with Crippen LogP contribution in [0.4, 0.5) is 0 Å². The molecule has 2 atom stereocenters. The standard InChI is InChI=1S/C9H17NO3S/c11-7(4-9(12)13)5-10-6-8-2-1-3-14-8/h7-8,10-11H,1-6H2,(H,12,13). The summed E-state index contributed by atoms with van der Waals surface area (Å²) in [5.74, 6) is 0.277. The first-order valence-corrected chi connectivity index (χ1v) is 5.95. The zero-order valence-electron chi connectivity index (χ0n) is 8.11. The Bertz CT molecular complexity index is 183. The van der Waals surface area contributed by atoms with Crippen molar-refractivity contribution in [3.63, 3.8) is 0 Å². The maximum absolute atomic E-state index is 10.2. The van der Waals surface area contributed by atoms with Crippen LogP contribution in [-0.4, -0.2) is 46.4 Å². The molecule has 3 N–H and O–H groups in total. The van der Waals surface area contributed by atoms with Gasteiger partial charge in [0, 0.05) is 18.3 Å². The SMILES string of the molecule is O=C(O)CC(O)CNCC1CCCS1. The number of hydrogen-bond acceptors (Lipinski definition) is 4. The van der Waals surface area contributed by atoms with Crippen LogP contribution >= 0.6 is 11.8 Å². The molecule has 14 heavy (non-hydrogen) atoms. The van der Waals surface area contributed by atoms with Crippen molar-refractivity contribution in [3.05, 3.63) is 0 Å². The molecule has 0 radical (unpaired) electrons.